The molecule has 5 heteroatoms. The Labute approximate surface area is 97.0 Å². The highest BCUT2D eigenvalue weighted by atomic mass is 19.4. The van der Waals surface area contributed by atoms with Gasteiger partial charge in [-0.1, -0.05) is 18.2 Å². The molecular formula is C12H12F3NO. The summed E-state index contributed by atoms with van der Waals surface area (Å²) < 4.78 is 38.1. The zero-order chi connectivity index (χ0) is 12.5. The lowest BCUT2D eigenvalue weighted by atomic mass is 10.1. The van der Waals surface area contributed by atoms with Gasteiger partial charge < -0.3 is 4.90 Å². The maximum atomic E-state index is 12.7. The van der Waals surface area contributed by atoms with E-state index in [4.69, 9.17) is 0 Å². The molecule has 92 valence electrons. The Morgan fingerprint density at radius 1 is 1.24 bits per heavy atom. The minimum Gasteiger partial charge on any atom is -0.338 e. The molecule has 1 fully saturated rings. The minimum atomic E-state index is -4.36. The fourth-order valence-electron chi connectivity index (χ4n) is 2.01. The van der Waals surface area contributed by atoms with Crippen LogP contribution in [0.3, 0.4) is 0 Å². The van der Waals surface area contributed by atoms with Crippen LogP contribution in [0.2, 0.25) is 0 Å². The molecule has 0 unspecified atom stereocenters. The number of halogens is 3. The lowest BCUT2D eigenvalue weighted by Gasteiger charge is -2.19. The second-order valence-electron chi connectivity index (χ2n) is 4.07. The van der Waals surface area contributed by atoms with Crippen molar-refractivity contribution in [2.45, 2.75) is 25.6 Å². The molecule has 0 spiro atoms. The Morgan fingerprint density at radius 3 is 2.53 bits per heavy atom. The van der Waals surface area contributed by atoms with Crippen LogP contribution in [0.4, 0.5) is 13.2 Å². The molecule has 0 atom stereocenters. The highest BCUT2D eigenvalue weighted by molar-refractivity contribution is 5.78. The predicted octanol–water partition coefficient (Wildman–Crippen LogP) is 2.83. The number of rotatable bonds is 2. The monoisotopic (exact) mass is 243 g/mol. The number of likely N-dealkylation sites (tertiary alicyclic amines) is 1. The topological polar surface area (TPSA) is 20.3 Å². The molecule has 0 aromatic heterocycles. The molecule has 0 bridgehead atoms. The normalized spacial score (nSPS) is 16.6. The average Bonchev–Trinajstić information content (AvgIpc) is 2.64. The molecule has 1 amide bonds. The van der Waals surface area contributed by atoms with Crippen LogP contribution in [0, 0.1) is 0 Å². The lowest BCUT2D eigenvalue weighted by molar-refractivity contribution is -0.139. The second-order valence-corrected chi connectivity index (χ2v) is 4.07. The van der Waals surface area contributed by atoms with Crippen molar-refractivity contribution in [2.75, 3.05) is 6.54 Å². The molecule has 1 saturated heterocycles. The van der Waals surface area contributed by atoms with E-state index in [-0.39, 0.29) is 18.0 Å². The third-order valence-corrected chi connectivity index (χ3v) is 2.86. The maximum absolute atomic E-state index is 12.7. The Hall–Kier alpha value is -1.52. The van der Waals surface area contributed by atoms with Crippen molar-refractivity contribution in [1.82, 2.24) is 4.90 Å². The van der Waals surface area contributed by atoms with Gasteiger partial charge in [-0.25, -0.2) is 0 Å². The highest BCUT2D eigenvalue weighted by Crippen LogP contribution is 2.32. The summed E-state index contributed by atoms with van der Waals surface area (Å²) in [7, 11) is 0. The number of carbonyl (C=O) groups is 1. The molecule has 1 aliphatic rings. The number of carbonyl (C=O) groups excluding carboxylic acids is 1. The first-order valence-electron chi connectivity index (χ1n) is 5.41. The molecule has 1 aliphatic heterocycles. The van der Waals surface area contributed by atoms with Gasteiger partial charge in [-0.05, 0) is 18.1 Å². The van der Waals surface area contributed by atoms with Crippen LogP contribution in [0.25, 0.3) is 0 Å². The number of alkyl halides is 3. The summed E-state index contributed by atoms with van der Waals surface area (Å²) in [4.78, 5) is 12.9. The average molecular weight is 243 g/mol. The molecule has 1 heterocycles. The Kier molecular flexibility index (Phi) is 3.09. The van der Waals surface area contributed by atoms with E-state index < -0.39 is 11.7 Å². The standard InChI is InChI=1S/C12H12F3NO/c13-12(14,15)10-5-2-1-4-9(10)8-16-7-3-6-11(16)17/h1-2,4-5H,3,6-8H2. The van der Waals surface area contributed by atoms with Crippen molar-refractivity contribution in [3.8, 4) is 0 Å². The van der Waals surface area contributed by atoms with Crippen LogP contribution in [-0.4, -0.2) is 17.4 Å². The van der Waals surface area contributed by atoms with Crippen LogP contribution in [0.5, 0.6) is 0 Å². The van der Waals surface area contributed by atoms with Gasteiger partial charge in [0.05, 0.1) is 5.56 Å². The van der Waals surface area contributed by atoms with E-state index >= 15 is 0 Å². The molecule has 0 radical (unpaired) electrons. The van der Waals surface area contributed by atoms with Crippen molar-refractivity contribution in [1.29, 1.82) is 0 Å². The number of benzene rings is 1. The predicted molar refractivity (Wildman–Crippen MR) is 56.1 cm³/mol. The van der Waals surface area contributed by atoms with E-state index in [9.17, 15) is 18.0 Å². The lowest BCUT2D eigenvalue weighted by Crippen LogP contribution is -2.25. The molecule has 0 saturated carbocycles. The zero-order valence-electron chi connectivity index (χ0n) is 9.13. The fourth-order valence-corrected chi connectivity index (χ4v) is 2.01. The fraction of sp³-hybridized carbons (Fsp3) is 0.417. The van der Waals surface area contributed by atoms with Crippen molar-refractivity contribution < 1.29 is 18.0 Å². The summed E-state index contributed by atoms with van der Waals surface area (Å²) in [5.41, 5.74) is -0.491. The summed E-state index contributed by atoms with van der Waals surface area (Å²) in [6, 6.07) is 5.40. The maximum Gasteiger partial charge on any atom is 0.416 e. The Morgan fingerprint density at radius 2 is 1.94 bits per heavy atom. The molecular weight excluding hydrogens is 231 g/mol. The molecule has 0 aliphatic carbocycles. The van der Waals surface area contributed by atoms with E-state index in [0.29, 0.717) is 13.0 Å². The summed E-state index contributed by atoms with van der Waals surface area (Å²) >= 11 is 0. The second kappa shape index (κ2) is 4.39. The van der Waals surface area contributed by atoms with Crippen molar-refractivity contribution in [2.24, 2.45) is 0 Å². The first-order valence-corrected chi connectivity index (χ1v) is 5.41. The minimum absolute atomic E-state index is 0.0501. The summed E-state index contributed by atoms with van der Waals surface area (Å²) in [6.45, 7) is 0.597. The number of amides is 1. The largest absolute Gasteiger partial charge is 0.416 e. The van der Waals surface area contributed by atoms with Crippen LogP contribution in [0.15, 0.2) is 24.3 Å². The third-order valence-electron chi connectivity index (χ3n) is 2.86. The van der Waals surface area contributed by atoms with Gasteiger partial charge in [-0.3, -0.25) is 4.79 Å². The van der Waals surface area contributed by atoms with Gasteiger partial charge >= 0.3 is 6.18 Å². The van der Waals surface area contributed by atoms with Gasteiger partial charge in [0.2, 0.25) is 5.91 Å². The van der Waals surface area contributed by atoms with E-state index in [1.165, 1.54) is 17.0 Å². The van der Waals surface area contributed by atoms with E-state index in [2.05, 4.69) is 0 Å². The molecule has 0 N–H and O–H groups in total. The zero-order valence-corrected chi connectivity index (χ0v) is 9.13. The molecule has 2 rings (SSSR count). The molecule has 1 aromatic carbocycles. The smallest absolute Gasteiger partial charge is 0.338 e. The van der Waals surface area contributed by atoms with Crippen molar-refractivity contribution in [3.63, 3.8) is 0 Å². The molecule has 2 nitrogen and oxygen atoms in total. The number of hydrogen-bond acceptors (Lipinski definition) is 1. The van der Waals surface area contributed by atoms with E-state index in [0.717, 1.165) is 12.5 Å². The summed E-state index contributed by atoms with van der Waals surface area (Å²) in [5, 5.41) is 0. The number of nitrogens with zero attached hydrogens (tertiary/aromatic N) is 1. The SMILES string of the molecule is O=C1CCCN1Cc1ccccc1C(F)(F)F. The summed E-state index contributed by atoms with van der Waals surface area (Å²) in [6.07, 6.45) is -3.19. The Bertz CT molecular complexity index is 428. The van der Waals surface area contributed by atoms with Crippen LogP contribution >= 0.6 is 0 Å². The van der Waals surface area contributed by atoms with Crippen molar-refractivity contribution in [3.05, 3.63) is 35.4 Å². The molecule has 17 heavy (non-hydrogen) atoms. The van der Waals surface area contributed by atoms with Crippen LogP contribution < -0.4 is 0 Å². The van der Waals surface area contributed by atoms with Gasteiger partial charge in [0.25, 0.3) is 0 Å². The van der Waals surface area contributed by atoms with Gasteiger partial charge in [-0.2, -0.15) is 13.2 Å². The van der Waals surface area contributed by atoms with Gasteiger partial charge in [0.15, 0.2) is 0 Å². The van der Waals surface area contributed by atoms with Gasteiger partial charge in [0, 0.05) is 19.5 Å². The van der Waals surface area contributed by atoms with Crippen LogP contribution in [0.1, 0.15) is 24.0 Å². The first kappa shape index (κ1) is 12.0. The quantitative estimate of drug-likeness (QED) is 0.782. The highest BCUT2D eigenvalue weighted by Gasteiger charge is 2.33. The van der Waals surface area contributed by atoms with E-state index in [1.54, 1.807) is 6.07 Å². The first-order chi connectivity index (χ1) is 7.98. The Balaban J connectivity index is 2.23. The molecule has 1 aromatic rings. The van der Waals surface area contributed by atoms with Gasteiger partial charge in [0.1, 0.15) is 0 Å². The number of hydrogen-bond donors (Lipinski definition) is 0. The summed E-state index contributed by atoms with van der Waals surface area (Å²) in [5.74, 6) is -0.0676. The van der Waals surface area contributed by atoms with Crippen molar-refractivity contribution >= 4 is 5.91 Å². The van der Waals surface area contributed by atoms with E-state index in [1.807, 2.05) is 0 Å². The third kappa shape index (κ3) is 2.60. The van der Waals surface area contributed by atoms with Crippen LogP contribution in [-0.2, 0) is 17.5 Å². The van der Waals surface area contributed by atoms with Gasteiger partial charge in [-0.15, -0.1) is 0 Å².